The van der Waals surface area contributed by atoms with Crippen LogP contribution in [0.1, 0.15) is 11.5 Å². The molecule has 122 valence electrons. The molecule has 0 bridgehead atoms. The maximum atomic E-state index is 13.0. The van der Waals surface area contributed by atoms with Gasteiger partial charge in [0.1, 0.15) is 17.9 Å². The third kappa shape index (κ3) is 3.94. The number of aromatic nitrogens is 3. The van der Waals surface area contributed by atoms with Crippen molar-refractivity contribution in [3.8, 4) is 11.6 Å². The molecule has 3 aromatic rings. The van der Waals surface area contributed by atoms with E-state index in [1.54, 1.807) is 24.4 Å². The number of hydrogen-bond acceptors (Lipinski definition) is 5. The van der Waals surface area contributed by atoms with E-state index in [9.17, 15) is 9.18 Å². The zero-order valence-corrected chi connectivity index (χ0v) is 13.1. The summed E-state index contributed by atoms with van der Waals surface area (Å²) in [6.07, 6.45) is 1.54. The van der Waals surface area contributed by atoms with Gasteiger partial charge in [-0.3, -0.25) is 9.78 Å². The van der Waals surface area contributed by atoms with Gasteiger partial charge in [0.05, 0.1) is 0 Å². The standard InChI is InChI=1S/C16H12ClFN4O2/c17-12-7-11(18)5-4-10(12)9-20-14(23)8-15-21-22-16(24-15)13-3-1-2-6-19-13/h1-7H,8-9H2,(H,20,23). The number of amides is 1. The summed E-state index contributed by atoms with van der Waals surface area (Å²) in [5.74, 6) is -0.312. The predicted molar refractivity (Wildman–Crippen MR) is 84.5 cm³/mol. The number of halogens is 2. The lowest BCUT2D eigenvalue weighted by molar-refractivity contribution is -0.120. The van der Waals surface area contributed by atoms with Gasteiger partial charge in [-0.1, -0.05) is 23.7 Å². The molecule has 0 aliphatic carbocycles. The molecule has 0 aliphatic heterocycles. The third-order valence-electron chi connectivity index (χ3n) is 3.15. The van der Waals surface area contributed by atoms with Crippen LogP contribution < -0.4 is 5.32 Å². The summed E-state index contributed by atoms with van der Waals surface area (Å²) in [5.41, 5.74) is 1.15. The van der Waals surface area contributed by atoms with Crippen molar-refractivity contribution in [2.75, 3.05) is 0 Å². The van der Waals surface area contributed by atoms with Crippen LogP contribution in [0.4, 0.5) is 4.39 Å². The van der Waals surface area contributed by atoms with Crippen LogP contribution >= 0.6 is 11.6 Å². The van der Waals surface area contributed by atoms with E-state index in [2.05, 4.69) is 20.5 Å². The maximum Gasteiger partial charge on any atom is 0.266 e. The summed E-state index contributed by atoms with van der Waals surface area (Å²) in [6, 6.07) is 9.29. The molecule has 0 radical (unpaired) electrons. The molecule has 2 heterocycles. The molecule has 2 aromatic heterocycles. The first-order chi connectivity index (χ1) is 11.6. The molecule has 0 aliphatic rings. The Labute approximate surface area is 141 Å². The average Bonchev–Trinajstić information content (AvgIpc) is 3.03. The molecule has 1 N–H and O–H groups in total. The Morgan fingerprint density at radius 3 is 2.88 bits per heavy atom. The van der Waals surface area contributed by atoms with E-state index >= 15 is 0 Å². The molecule has 0 saturated heterocycles. The molecule has 1 aromatic carbocycles. The molecule has 0 saturated carbocycles. The van der Waals surface area contributed by atoms with Crippen molar-refractivity contribution in [1.82, 2.24) is 20.5 Å². The number of carbonyl (C=O) groups is 1. The number of nitrogens with one attached hydrogen (secondary N) is 1. The summed E-state index contributed by atoms with van der Waals surface area (Å²) in [6.45, 7) is 0.180. The first-order valence-electron chi connectivity index (χ1n) is 7.06. The van der Waals surface area contributed by atoms with E-state index < -0.39 is 5.82 Å². The normalized spacial score (nSPS) is 10.6. The summed E-state index contributed by atoms with van der Waals surface area (Å²) in [4.78, 5) is 16.0. The SMILES string of the molecule is O=C(Cc1nnc(-c2ccccn2)o1)NCc1ccc(F)cc1Cl. The molecule has 1 amide bonds. The Kier molecular flexibility index (Phi) is 4.81. The van der Waals surface area contributed by atoms with E-state index in [0.717, 1.165) is 0 Å². The van der Waals surface area contributed by atoms with Gasteiger partial charge in [0.25, 0.3) is 5.89 Å². The van der Waals surface area contributed by atoms with Gasteiger partial charge < -0.3 is 9.73 Å². The lowest BCUT2D eigenvalue weighted by Gasteiger charge is -2.06. The Morgan fingerprint density at radius 1 is 1.25 bits per heavy atom. The Hall–Kier alpha value is -2.80. The maximum absolute atomic E-state index is 13.0. The van der Waals surface area contributed by atoms with Crippen LogP contribution in [-0.4, -0.2) is 21.1 Å². The Bertz CT molecular complexity index is 854. The van der Waals surface area contributed by atoms with Crippen LogP contribution in [0.3, 0.4) is 0 Å². The van der Waals surface area contributed by atoms with Crippen molar-refractivity contribution in [2.24, 2.45) is 0 Å². The molecule has 0 unspecified atom stereocenters. The number of hydrogen-bond donors (Lipinski definition) is 1. The zero-order valence-electron chi connectivity index (χ0n) is 12.4. The van der Waals surface area contributed by atoms with Crippen molar-refractivity contribution in [3.63, 3.8) is 0 Å². The Balaban J connectivity index is 1.58. The number of carbonyl (C=O) groups excluding carboxylic acids is 1. The fourth-order valence-corrected chi connectivity index (χ4v) is 2.21. The molecule has 8 heteroatoms. The topological polar surface area (TPSA) is 80.9 Å². The second-order valence-corrected chi connectivity index (χ2v) is 5.31. The smallest absolute Gasteiger partial charge is 0.266 e. The second kappa shape index (κ2) is 7.18. The average molecular weight is 347 g/mol. The Morgan fingerprint density at radius 2 is 2.12 bits per heavy atom. The molecule has 0 spiro atoms. The van der Waals surface area contributed by atoms with E-state index in [4.69, 9.17) is 16.0 Å². The fourth-order valence-electron chi connectivity index (χ4n) is 1.98. The van der Waals surface area contributed by atoms with Gasteiger partial charge in [0.15, 0.2) is 0 Å². The van der Waals surface area contributed by atoms with Crippen LogP contribution in [0.2, 0.25) is 5.02 Å². The largest absolute Gasteiger partial charge is 0.419 e. The van der Waals surface area contributed by atoms with E-state index in [0.29, 0.717) is 11.3 Å². The monoisotopic (exact) mass is 346 g/mol. The highest BCUT2D eigenvalue weighted by atomic mass is 35.5. The minimum absolute atomic E-state index is 0.0708. The van der Waals surface area contributed by atoms with Gasteiger partial charge in [-0.25, -0.2) is 4.39 Å². The predicted octanol–water partition coefficient (Wildman–Crippen LogP) is 2.78. The van der Waals surface area contributed by atoms with Crippen LogP contribution in [-0.2, 0) is 17.8 Å². The van der Waals surface area contributed by atoms with Gasteiger partial charge in [-0.05, 0) is 29.8 Å². The minimum atomic E-state index is -0.428. The quantitative estimate of drug-likeness (QED) is 0.768. The summed E-state index contributed by atoms with van der Waals surface area (Å²) < 4.78 is 18.4. The van der Waals surface area contributed by atoms with E-state index in [1.165, 1.54) is 18.2 Å². The molecular formula is C16H12ClFN4O2. The molecule has 3 rings (SSSR count). The lowest BCUT2D eigenvalue weighted by atomic mass is 10.2. The minimum Gasteiger partial charge on any atom is -0.419 e. The summed E-state index contributed by atoms with van der Waals surface area (Å²) in [5, 5.41) is 10.6. The number of benzene rings is 1. The second-order valence-electron chi connectivity index (χ2n) is 4.91. The molecule has 6 nitrogen and oxygen atoms in total. The van der Waals surface area contributed by atoms with Crippen LogP contribution in [0.5, 0.6) is 0 Å². The van der Waals surface area contributed by atoms with Gasteiger partial charge in [-0.15, -0.1) is 10.2 Å². The van der Waals surface area contributed by atoms with Crippen molar-refractivity contribution in [1.29, 1.82) is 0 Å². The molecular weight excluding hydrogens is 335 g/mol. The lowest BCUT2D eigenvalue weighted by Crippen LogP contribution is -2.24. The van der Waals surface area contributed by atoms with Crippen molar-refractivity contribution < 1.29 is 13.6 Å². The van der Waals surface area contributed by atoms with Crippen LogP contribution in [0.15, 0.2) is 47.0 Å². The molecule has 0 fully saturated rings. The van der Waals surface area contributed by atoms with E-state index in [-0.39, 0.29) is 35.7 Å². The van der Waals surface area contributed by atoms with Gasteiger partial charge >= 0.3 is 0 Å². The zero-order chi connectivity index (χ0) is 16.9. The first kappa shape index (κ1) is 16.1. The van der Waals surface area contributed by atoms with Gasteiger partial charge in [-0.2, -0.15) is 0 Å². The molecule has 24 heavy (non-hydrogen) atoms. The number of nitrogens with zero attached hydrogens (tertiary/aromatic N) is 3. The first-order valence-corrected chi connectivity index (χ1v) is 7.44. The highest BCUT2D eigenvalue weighted by molar-refractivity contribution is 6.31. The van der Waals surface area contributed by atoms with Gasteiger partial charge in [0.2, 0.25) is 11.8 Å². The van der Waals surface area contributed by atoms with Crippen LogP contribution in [0.25, 0.3) is 11.6 Å². The number of rotatable bonds is 5. The highest BCUT2D eigenvalue weighted by Crippen LogP contribution is 2.17. The van der Waals surface area contributed by atoms with Crippen LogP contribution in [0, 0.1) is 5.82 Å². The van der Waals surface area contributed by atoms with Crippen molar-refractivity contribution in [2.45, 2.75) is 13.0 Å². The number of pyridine rings is 1. The van der Waals surface area contributed by atoms with Crippen molar-refractivity contribution in [3.05, 3.63) is 64.9 Å². The van der Waals surface area contributed by atoms with E-state index in [1.807, 2.05) is 0 Å². The summed E-state index contributed by atoms with van der Waals surface area (Å²) in [7, 11) is 0. The fraction of sp³-hybridized carbons (Fsp3) is 0.125. The van der Waals surface area contributed by atoms with Gasteiger partial charge in [0, 0.05) is 17.8 Å². The summed E-state index contributed by atoms with van der Waals surface area (Å²) >= 11 is 5.91. The molecule has 0 atom stereocenters. The third-order valence-corrected chi connectivity index (χ3v) is 3.51. The van der Waals surface area contributed by atoms with Crippen molar-refractivity contribution >= 4 is 17.5 Å². The highest BCUT2D eigenvalue weighted by Gasteiger charge is 2.13.